The standard InChI is InChI=1S/C18H28N2O/c1-2-9-19-13-18(8-5-10-21-15-18)14-20-11-16-6-3-4-7-17(16)12-20/h3-4,6-7,19H,2,5,8-15H2,1H3. The van der Waals surface area contributed by atoms with Crippen LogP contribution in [0, 0.1) is 5.41 Å². The van der Waals surface area contributed by atoms with Gasteiger partial charge in [-0.05, 0) is 36.9 Å². The number of hydrogen-bond acceptors (Lipinski definition) is 3. The first kappa shape index (κ1) is 15.0. The molecule has 1 atom stereocenters. The SMILES string of the molecule is CCCNCC1(CN2Cc3ccccc3C2)CCCOC1. The van der Waals surface area contributed by atoms with Crippen molar-refractivity contribution in [3.63, 3.8) is 0 Å². The predicted molar refractivity (Wildman–Crippen MR) is 86.2 cm³/mol. The fourth-order valence-corrected chi connectivity index (χ4v) is 3.75. The van der Waals surface area contributed by atoms with Crippen LogP contribution in [0.4, 0.5) is 0 Å². The van der Waals surface area contributed by atoms with E-state index in [1.165, 1.54) is 30.4 Å². The summed E-state index contributed by atoms with van der Waals surface area (Å²) in [6.45, 7) is 9.64. The molecule has 3 nitrogen and oxygen atoms in total. The van der Waals surface area contributed by atoms with Gasteiger partial charge in [0, 0.05) is 38.2 Å². The minimum Gasteiger partial charge on any atom is -0.381 e. The monoisotopic (exact) mass is 288 g/mol. The van der Waals surface area contributed by atoms with E-state index < -0.39 is 0 Å². The molecule has 116 valence electrons. The van der Waals surface area contributed by atoms with Gasteiger partial charge in [0.15, 0.2) is 0 Å². The second-order valence-electron chi connectivity index (χ2n) is 6.75. The van der Waals surface area contributed by atoms with Gasteiger partial charge in [-0.3, -0.25) is 4.90 Å². The molecule has 21 heavy (non-hydrogen) atoms. The zero-order chi connectivity index (χ0) is 14.5. The third-order valence-electron chi connectivity index (χ3n) is 4.80. The molecule has 3 heteroatoms. The van der Waals surface area contributed by atoms with Crippen LogP contribution in [0.3, 0.4) is 0 Å². The lowest BCUT2D eigenvalue weighted by Gasteiger charge is -2.40. The number of fused-ring (bicyclic) bond motifs is 1. The van der Waals surface area contributed by atoms with Crippen LogP contribution < -0.4 is 5.32 Å². The lowest BCUT2D eigenvalue weighted by Crippen LogP contribution is -2.48. The molecular weight excluding hydrogens is 260 g/mol. The maximum atomic E-state index is 5.84. The van der Waals surface area contributed by atoms with Crippen molar-refractivity contribution < 1.29 is 4.74 Å². The Morgan fingerprint density at radius 2 is 2.00 bits per heavy atom. The normalized spacial score (nSPS) is 26.0. The van der Waals surface area contributed by atoms with Crippen molar-refractivity contribution in [2.24, 2.45) is 5.41 Å². The maximum Gasteiger partial charge on any atom is 0.0546 e. The molecule has 1 saturated heterocycles. The highest BCUT2D eigenvalue weighted by molar-refractivity contribution is 5.30. The molecule has 1 N–H and O–H groups in total. The molecule has 0 radical (unpaired) electrons. The Labute approximate surface area is 128 Å². The Kier molecular flexibility index (Phi) is 4.94. The minimum absolute atomic E-state index is 0.301. The highest BCUT2D eigenvalue weighted by atomic mass is 16.5. The van der Waals surface area contributed by atoms with E-state index in [2.05, 4.69) is 41.4 Å². The number of hydrogen-bond donors (Lipinski definition) is 1. The van der Waals surface area contributed by atoms with E-state index in [1.807, 2.05) is 0 Å². The zero-order valence-corrected chi connectivity index (χ0v) is 13.2. The van der Waals surface area contributed by atoms with Gasteiger partial charge in [0.2, 0.25) is 0 Å². The number of ether oxygens (including phenoxy) is 1. The van der Waals surface area contributed by atoms with Gasteiger partial charge in [-0.15, -0.1) is 0 Å². The molecule has 2 aliphatic heterocycles. The number of rotatable bonds is 6. The highest BCUT2D eigenvalue weighted by Crippen LogP contribution is 2.32. The topological polar surface area (TPSA) is 24.5 Å². The van der Waals surface area contributed by atoms with Crippen molar-refractivity contribution in [1.82, 2.24) is 10.2 Å². The first-order valence-electron chi connectivity index (χ1n) is 8.39. The molecule has 0 saturated carbocycles. The molecule has 1 aromatic carbocycles. The summed E-state index contributed by atoms with van der Waals surface area (Å²) in [6, 6.07) is 8.86. The van der Waals surface area contributed by atoms with Crippen LogP contribution in [-0.4, -0.2) is 37.7 Å². The van der Waals surface area contributed by atoms with Gasteiger partial charge >= 0.3 is 0 Å². The molecule has 0 amide bonds. The van der Waals surface area contributed by atoms with Gasteiger partial charge in [-0.25, -0.2) is 0 Å². The average Bonchev–Trinajstić information content (AvgIpc) is 2.90. The molecule has 0 spiro atoms. The average molecular weight is 288 g/mol. The summed E-state index contributed by atoms with van der Waals surface area (Å²) < 4.78 is 5.84. The molecule has 2 aliphatic rings. The predicted octanol–water partition coefficient (Wildman–Crippen LogP) is 2.80. The van der Waals surface area contributed by atoms with Gasteiger partial charge in [0.05, 0.1) is 6.61 Å². The molecule has 0 bridgehead atoms. The van der Waals surface area contributed by atoms with E-state index in [9.17, 15) is 0 Å². The Hall–Kier alpha value is -0.900. The Bertz CT molecular complexity index is 429. The lowest BCUT2D eigenvalue weighted by atomic mass is 9.81. The van der Waals surface area contributed by atoms with E-state index in [0.717, 1.165) is 45.9 Å². The van der Waals surface area contributed by atoms with Crippen LogP contribution >= 0.6 is 0 Å². The second kappa shape index (κ2) is 6.91. The summed E-state index contributed by atoms with van der Waals surface area (Å²) in [5, 5.41) is 3.63. The second-order valence-corrected chi connectivity index (χ2v) is 6.75. The lowest BCUT2D eigenvalue weighted by molar-refractivity contribution is -0.0269. The van der Waals surface area contributed by atoms with E-state index >= 15 is 0 Å². The van der Waals surface area contributed by atoms with E-state index in [0.29, 0.717) is 5.41 Å². The van der Waals surface area contributed by atoms with Crippen molar-refractivity contribution in [2.75, 3.05) is 32.8 Å². The summed E-state index contributed by atoms with van der Waals surface area (Å²) in [5.41, 5.74) is 3.31. The van der Waals surface area contributed by atoms with Crippen LogP contribution in [0.15, 0.2) is 24.3 Å². The van der Waals surface area contributed by atoms with Gasteiger partial charge in [-0.1, -0.05) is 31.2 Å². The van der Waals surface area contributed by atoms with E-state index in [1.54, 1.807) is 0 Å². The van der Waals surface area contributed by atoms with Crippen LogP contribution in [0.1, 0.15) is 37.3 Å². The number of benzene rings is 1. The van der Waals surface area contributed by atoms with Gasteiger partial charge in [-0.2, -0.15) is 0 Å². The van der Waals surface area contributed by atoms with E-state index in [4.69, 9.17) is 4.74 Å². The van der Waals surface area contributed by atoms with Gasteiger partial charge in [0.25, 0.3) is 0 Å². The summed E-state index contributed by atoms with van der Waals surface area (Å²) >= 11 is 0. The Morgan fingerprint density at radius 3 is 2.62 bits per heavy atom. The molecule has 1 unspecified atom stereocenters. The third kappa shape index (κ3) is 3.65. The van der Waals surface area contributed by atoms with Crippen molar-refractivity contribution in [3.05, 3.63) is 35.4 Å². The molecule has 1 aromatic rings. The zero-order valence-electron chi connectivity index (χ0n) is 13.2. The van der Waals surface area contributed by atoms with Crippen molar-refractivity contribution >= 4 is 0 Å². The van der Waals surface area contributed by atoms with Crippen LogP contribution in [0.5, 0.6) is 0 Å². The van der Waals surface area contributed by atoms with Crippen molar-refractivity contribution in [2.45, 2.75) is 39.3 Å². The Balaban J connectivity index is 1.62. The quantitative estimate of drug-likeness (QED) is 0.815. The first-order chi connectivity index (χ1) is 10.3. The van der Waals surface area contributed by atoms with Gasteiger partial charge in [0.1, 0.15) is 0 Å². The largest absolute Gasteiger partial charge is 0.381 e. The van der Waals surface area contributed by atoms with Crippen LogP contribution in [-0.2, 0) is 17.8 Å². The number of nitrogens with one attached hydrogen (secondary N) is 1. The minimum atomic E-state index is 0.301. The summed E-state index contributed by atoms with van der Waals surface area (Å²) in [5.74, 6) is 0. The fraction of sp³-hybridized carbons (Fsp3) is 0.667. The summed E-state index contributed by atoms with van der Waals surface area (Å²) in [6.07, 6.45) is 3.69. The Morgan fingerprint density at radius 1 is 1.24 bits per heavy atom. The maximum absolute atomic E-state index is 5.84. The molecule has 3 rings (SSSR count). The van der Waals surface area contributed by atoms with E-state index in [-0.39, 0.29) is 0 Å². The molecule has 0 aromatic heterocycles. The van der Waals surface area contributed by atoms with Crippen molar-refractivity contribution in [3.8, 4) is 0 Å². The van der Waals surface area contributed by atoms with Crippen LogP contribution in [0.2, 0.25) is 0 Å². The summed E-state index contributed by atoms with van der Waals surface area (Å²) in [4.78, 5) is 2.60. The molecular formula is C18H28N2O. The molecule has 0 aliphatic carbocycles. The molecule has 2 heterocycles. The fourth-order valence-electron chi connectivity index (χ4n) is 3.75. The first-order valence-corrected chi connectivity index (χ1v) is 8.39. The smallest absolute Gasteiger partial charge is 0.0546 e. The molecule has 1 fully saturated rings. The third-order valence-corrected chi connectivity index (χ3v) is 4.80. The highest BCUT2D eigenvalue weighted by Gasteiger charge is 2.35. The number of nitrogens with zero attached hydrogens (tertiary/aromatic N) is 1. The van der Waals surface area contributed by atoms with Crippen LogP contribution in [0.25, 0.3) is 0 Å². The van der Waals surface area contributed by atoms with Gasteiger partial charge < -0.3 is 10.1 Å². The van der Waals surface area contributed by atoms with Crippen molar-refractivity contribution in [1.29, 1.82) is 0 Å². The summed E-state index contributed by atoms with van der Waals surface area (Å²) in [7, 11) is 0.